The Kier molecular flexibility index (Phi) is 5.77. The first-order valence-electron chi connectivity index (χ1n) is 9.30. The van der Waals surface area contributed by atoms with Crippen LogP contribution < -0.4 is 5.32 Å². The second-order valence-corrected chi connectivity index (χ2v) is 7.66. The van der Waals surface area contributed by atoms with Gasteiger partial charge in [0, 0.05) is 24.7 Å². The van der Waals surface area contributed by atoms with Gasteiger partial charge in [-0.2, -0.15) is 10.2 Å². The lowest BCUT2D eigenvalue weighted by Crippen LogP contribution is -2.14. The highest BCUT2D eigenvalue weighted by molar-refractivity contribution is 7.15. The van der Waals surface area contributed by atoms with Gasteiger partial charge >= 0.3 is 0 Å². The third kappa shape index (κ3) is 4.83. The van der Waals surface area contributed by atoms with Crippen LogP contribution in [-0.4, -0.2) is 31.3 Å². The molecule has 1 amide bonds. The Hall–Kier alpha value is -3.00. The molecule has 0 fully saturated rings. The third-order valence-corrected chi connectivity index (χ3v) is 5.32. The number of fused-ring (bicyclic) bond motifs is 1. The van der Waals surface area contributed by atoms with E-state index in [9.17, 15) is 4.79 Å². The van der Waals surface area contributed by atoms with Crippen molar-refractivity contribution >= 4 is 28.5 Å². The second-order valence-electron chi connectivity index (χ2n) is 6.60. The second kappa shape index (κ2) is 8.79. The molecule has 8 heteroatoms. The number of unbranched alkanes of at least 4 members (excludes halogenated alkanes) is 1. The van der Waals surface area contributed by atoms with Gasteiger partial charge in [-0.1, -0.05) is 29.6 Å². The lowest BCUT2D eigenvalue weighted by Gasteiger charge is -2.02. The van der Waals surface area contributed by atoms with Crippen LogP contribution in [0, 0.1) is 0 Å². The predicted octanol–water partition coefficient (Wildman–Crippen LogP) is 3.04. The summed E-state index contributed by atoms with van der Waals surface area (Å²) in [7, 11) is 0. The number of carbonyl (C=O) groups is 1. The summed E-state index contributed by atoms with van der Waals surface area (Å²) < 4.78 is 0. The maximum Gasteiger partial charge on any atom is 0.232 e. The molecule has 3 aromatic heterocycles. The number of nitrogens with one attached hydrogen (secondary N) is 1. The summed E-state index contributed by atoms with van der Waals surface area (Å²) in [5.74, 6) is -0.134. The summed E-state index contributed by atoms with van der Waals surface area (Å²) >= 11 is 1.42. The minimum atomic E-state index is -0.134. The van der Waals surface area contributed by atoms with Gasteiger partial charge in [-0.15, -0.1) is 10.2 Å². The highest BCUT2D eigenvalue weighted by Crippen LogP contribution is 2.19. The van der Waals surface area contributed by atoms with Crippen LogP contribution in [0.15, 0.2) is 36.5 Å². The lowest BCUT2D eigenvalue weighted by atomic mass is 10.1. The molecule has 0 aliphatic heterocycles. The molecule has 3 heterocycles. The number of rotatable bonds is 8. The number of amides is 1. The quantitative estimate of drug-likeness (QED) is 0.592. The van der Waals surface area contributed by atoms with E-state index in [1.807, 2.05) is 18.2 Å². The topological polar surface area (TPSA) is 93.6 Å². The SMILES string of the molecule is O=C(Cc1ccccn1)Nc1nnc(CCCCc2cc3c(nn2)CC=C3)s1. The zero-order valence-corrected chi connectivity index (χ0v) is 16.2. The molecule has 3 aromatic rings. The third-order valence-electron chi connectivity index (χ3n) is 4.42. The molecule has 28 heavy (non-hydrogen) atoms. The van der Waals surface area contributed by atoms with Crippen LogP contribution in [-0.2, 0) is 30.5 Å². The molecule has 142 valence electrons. The lowest BCUT2D eigenvalue weighted by molar-refractivity contribution is -0.115. The molecule has 0 bridgehead atoms. The zero-order chi connectivity index (χ0) is 19.2. The van der Waals surface area contributed by atoms with E-state index in [4.69, 9.17) is 0 Å². The molecule has 0 spiro atoms. The fraction of sp³-hybridized carbons (Fsp3) is 0.300. The Labute approximate surface area is 167 Å². The number of hydrogen-bond acceptors (Lipinski definition) is 7. The Balaban J connectivity index is 1.20. The van der Waals surface area contributed by atoms with E-state index < -0.39 is 0 Å². The monoisotopic (exact) mass is 392 g/mol. The summed E-state index contributed by atoms with van der Waals surface area (Å²) in [5.41, 5.74) is 4.02. The van der Waals surface area contributed by atoms with E-state index in [1.54, 1.807) is 6.20 Å². The molecule has 1 aliphatic carbocycles. The normalized spacial score (nSPS) is 12.1. The maximum atomic E-state index is 12.1. The Morgan fingerprint density at radius 3 is 2.89 bits per heavy atom. The molecule has 7 nitrogen and oxygen atoms in total. The number of allylic oxidation sites excluding steroid dienone is 1. The summed E-state index contributed by atoms with van der Waals surface area (Å²) in [6.07, 6.45) is 10.8. The first kappa shape index (κ1) is 18.4. The molecule has 1 aliphatic rings. The smallest absolute Gasteiger partial charge is 0.232 e. The first-order chi connectivity index (χ1) is 13.8. The number of hydrogen-bond donors (Lipinski definition) is 1. The van der Waals surface area contributed by atoms with Gasteiger partial charge in [0.25, 0.3) is 0 Å². The van der Waals surface area contributed by atoms with Gasteiger partial charge in [-0.05, 0) is 43.0 Å². The van der Waals surface area contributed by atoms with Gasteiger partial charge < -0.3 is 5.32 Å². The molecule has 0 atom stereocenters. The molecule has 0 saturated heterocycles. The van der Waals surface area contributed by atoms with Crippen molar-refractivity contribution in [3.63, 3.8) is 0 Å². The van der Waals surface area contributed by atoms with Crippen molar-refractivity contribution in [2.75, 3.05) is 5.32 Å². The van der Waals surface area contributed by atoms with Gasteiger partial charge in [-0.3, -0.25) is 9.78 Å². The average molecular weight is 392 g/mol. The Morgan fingerprint density at radius 2 is 2.00 bits per heavy atom. The molecule has 0 aromatic carbocycles. The predicted molar refractivity (Wildman–Crippen MR) is 108 cm³/mol. The van der Waals surface area contributed by atoms with Crippen molar-refractivity contribution in [2.24, 2.45) is 0 Å². The van der Waals surface area contributed by atoms with Crippen LogP contribution in [0.25, 0.3) is 6.08 Å². The molecule has 4 rings (SSSR count). The molecular weight excluding hydrogens is 372 g/mol. The van der Waals surface area contributed by atoms with E-state index in [-0.39, 0.29) is 12.3 Å². The summed E-state index contributed by atoms with van der Waals surface area (Å²) in [6, 6.07) is 7.65. The fourth-order valence-corrected chi connectivity index (χ4v) is 3.81. The molecule has 0 radical (unpaired) electrons. The van der Waals surface area contributed by atoms with Crippen molar-refractivity contribution in [3.8, 4) is 0 Å². The van der Waals surface area contributed by atoms with E-state index in [0.717, 1.165) is 54.2 Å². The first-order valence-corrected chi connectivity index (χ1v) is 10.1. The molecule has 0 unspecified atom stereocenters. The van der Waals surface area contributed by atoms with Crippen LogP contribution >= 0.6 is 11.3 Å². The number of aromatic nitrogens is 5. The molecule has 0 saturated carbocycles. The number of aryl methyl sites for hydroxylation is 2. The van der Waals surface area contributed by atoms with E-state index >= 15 is 0 Å². The maximum absolute atomic E-state index is 12.1. The standard InChI is InChI=1S/C20H20N6OS/c27-18(13-15-7-3-4-11-21-15)22-20-26-25-19(28-20)10-2-1-8-16-12-14-6-5-9-17(14)24-23-16/h3-7,11-12H,1-2,8-10,13H2,(H,22,26,27). The fourth-order valence-electron chi connectivity index (χ4n) is 3.01. The van der Waals surface area contributed by atoms with Gasteiger partial charge in [0.1, 0.15) is 5.01 Å². The van der Waals surface area contributed by atoms with Gasteiger partial charge in [-0.25, -0.2) is 0 Å². The van der Waals surface area contributed by atoms with Gasteiger partial charge in [0.05, 0.1) is 17.8 Å². The molecule has 1 N–H and O–H groups in total. The molecular formula is C20H20N6OS. The summed E-state index contributed by atoms with van der Waals surface area (Å²) in [5, 5.41) is 21.1. The van der Waals surface area contributed by atoms with Crippen molar-refractivity contribution in [3.05, 3.63) is 64.2 Å². The average Bonchev–Trinajstić information content (AvgIpc) is 3.35. The number of carbonyl (C=O) groups excluding carboxylic acids is 1. The zero-order valence-electron chi connectivity index (χ0n) is 15.3. The Morgan fingerprint density at radius 1 is 1.07 bits per heavy atom. The van der Waals surface area contributed by atoms with Crippen LogP contribution in [0.3, 0.4) is 0 Å². The van der Waals surface area contributed by atoms with Gasteiger partial charge in [0.15, 0.2) is 0 Å². The highest BCUT2D eigenvalue weighted by Gasteiger charge is 2.11. The number of nitrogens with zero attached hydrogens (tertiary/aromatic N) is 5. The van der Waals surface area contributed by atoms with Gasteiger partial charge in [0.2, 0.25) is 11.0 Å². The van der Waals surface area contributed by atoms with Crippen LogP contribution in [0.2, 0.25) is 0 Å². The van der Waals surface area contributed by atoms with Crippen molar-refractivity contribution < 1.29 is 4.79 Å². The van der Waals surface area contributed by atoms with Crippen LogP contribution in [0.5, 0.6) is 0 Å². The van der Waals surface area contributed by atoms with Crippen molar-refractivity contribution in [1.29, 1.82) is 0 Å². The summed E-state index contributed by atoms with van der Waals surface area (Å²) in [6.45, 7) is 0. The largest absolute Gasteiger partial charge is 0.300 e. The Bertz CT molecular complexity index is 985. The van der Waals surface area contributed by atoms with E-state index in [1.165, 1.54) is 16.9 Å². The van der Waals surface area contributed by atoms with E-state index in [2.05, 4.69) is 48.9 Å². The minimum Gasteiger partial charge on any atom is -0.300 e. The van der Waals surface area contributed by atoms with Crippen molar-refractivity contribution in [2.45, 2.75) is 38.5 Å². The van der Waals surface area contributed by atoms with E-state index in [0.29, 0.717) is 5.13 Å². The highest BCUT2D eigenvalue weighted by atomic mass is 32.1. The number of anilines is 1. The minimum absolute atomic E-state index is 0.134. The number of pyridine rings is 1. The van der Waals surface area contributed by atoms with Crippen molar-refractivity contribution in [1.82, 2.24) is 25.4 Å². The van der Waals surface area contributed by atoms with Crippen LogP contribution in [0.4, 0.5) is 5.13 Å². The van der Waals surface area contributed by atoms with Crippen LogP contribution in [0.1, 0.15) is 40.5 Å². The summed E-state index contributed by atoms with van der Waals surface area (Å²) in [4.78, 5) is 16.2.